The third-order valence-electron chi connectivity index (χ3n) is 34.2. The van der Waals surface area contributed by atoms with E-state index in [2.05, 4.69) is 144 Å². The van der Waals surface area contributed by atoms with Crippen LogP contribution in [-0.2, 0) is 28.7 Å². The maximum absolute atomic E-state index is 11.8. The van der Waals surface area contributed by atoms with E-state index in [1.807, 2.05) is 13.8 Å². The number of carbonyl (C=O) groups excluding carboxylic acids is 4. The third-order valence-corrected chi connectivity index (χ3v) is 34.2. The lowest BCUT2D eigenvalue weighted by Crippen LogP contribution is -2.55. The molecule has 0 aromatic carbocycles. The molecule has 11 saturated carbocycles. The fourth-order valence-corrected chi connectivity index (χ4v) is 28.8. The van der Waals surface area contributed by atoms with Gasteiger partial charge in [-0.2, -0.15) is 0 Å². The molecule has 0 bridgehead atoms. The lowest BCUT2D eigenvalue weighted by Gasteiger charge is -2.60. The monoisotopic (exact) mass is 1430 g/mol. The molecular formula is C94H154O9. The fourth-order valence-electron chi connectivity index (χ4n) is 28.8. The number of aliphatic hydroxyl groups excluding tert-OH is 2. The van der Waals surface area contributed by atoms with Crippen LogP contribution < -0.4 is 0 Å². The number of esters is 1. The van der Waals surface area contributed by atoms with E-state index < -0.39 is 5.60 Å². The maximum atomic E-state index is 11.8. The topological polar surface area (TPSA) is 147 Å². The van der Waals surface area contributed by atoms with Crippen molar-refractivity contribution in [1.82, 2.24) is 0 Å². The van der Waals surface area contributed by atoms with Crippen molar-refractivity contribution in [3.63, 3.8) is 0 Å². The third kappa shape index (κ3) is 16.3. The Morgan fingerprint density at radius 1 is 0.495 bits per heavy atom. The summed E-state index contributed by atoms with van der Waals surface area (Å²) in [6.07, 6.45) is 42.4. The first-order chi connectivity index (χ1) is 47.7. The molecule has 0 aromatic rings. The summed E-state index contributed by atoms with van der Waals surface area (Å²) in [7, 11) is 0. The highest BCUT2D eigenvalue weighted by molar-refractivity contribution is 5.97. The molecule has 14 aliphatic rings. The van der Waals surface area contributed by atoms with Gasteiger partial charge in [-0.15, -0.1) is 6.58 Å². The summed E-state index contributed by atoms with van der Waals surface area (Å²) < 4.78 is 11.8. The molecule has 0 radical (unpaired) electrons. The van der Waals surface area contributed by atoms with Crippen molar-refractivity contribution in [1.29, 1.82) is 0 Å². The number of ether oxygens (including phenoxy) is 2. The molecule has 0 aromatic heterocycles. The predicted molar refractivity (Wildman–Crippen MR) is 424 cm³/mol. The van der Waals surface area contributed by atoms with Gasteiger partial charge in [0.2, 0.25) is 0 Å². The number of hydrogen-bond acceptors (Lipinski definition) is 9. The SMILES string of the molecule is C=C1CCC2C(C)(C)CCC[C@]2(C)[C@H]1CC=O.C=C1CCC2C(C)(C)CCC[C@]2(C)[C@H]1CO.C=CC(C)(O)CC[C@H]1C(=C)CC(O)C2C(C)(C)CCC[C@@]21C.CC1(C)CCC[C@@]2(C)C1CC[C@@]1(C)OC(=O)C[C@@H]12.CC1(C)CCC[C@@]2(C)C1CC[C@@]1(C)OCC[C@@H]12.C[C@]12CCC(=O)C=C1CCCC2=O. The van der Waals surface area contributed by atoms with Gasteiger partial charge in [-0.3, -0.25) is 14.4 Å². The van der Waals surface area contributed by atoms with Crippen molar-refractivity contribution in [2.75, 3.05) is 13.2 Å². The number of Topliss-reactive ketones (excluding diaryl/α,β-unsaturated/α-hetero) is 1. The second-order valence-corrected chi connectivity index (χ2v) is 43.0. The quantitative estimate of drug-likeness (QED) is 0.129. The van der Waals surface area contributed by atoms with Gasteiger partial charge in [0.25, 0.3) is 0 Å². The number of aliphatic hydroxyl groups is 3. The Bertz CT molecular complexity index is 3130. The highest BCUT2D eigenvalue weighted by atomic mass is 16.6. The van der Waals surface area contributed by atoms with E-state index in [0.717, 1.165) is 99.4 Å². The zero-order valence-corrected chi connectivity index (χ0v) is 69.7. The zero-order valence-electron chi connectivity index (χ0n) is 69.7. The molecule has 2 heterocycles. The van der Waals surface area contributed by atoms with Gasteiger partial charge in [-0.05, 0) is 296 Å². The number of aldehydes is 1. The van der Waals surface area contributed by atoms with Gasteiger partial charge < -0.3 is 29.6 Å². The number of rotatable bonds is 7. The molecule has 584 valence electrons. The molecule has 0 amide bonds. The van der Waals surface area contributed by atoms with Crippen LogP contribution in [0.25, 0.3) is 0 Å². The Labute approximate surface area is 629 Å². The van der Waals surface area contributed by atoms with Gasteiger partial charge in [0.05, 0.1) is 30.3 Å². The summed E-state index contributed by atoms with van der Waals surface area (Å²) in [5.41, 5.74) is 7.41. The highest BCUT2D eigenvalue weighted by Crippen LogP contribution is 2.69. The van der Waals surface area contributed by atoms with Gasteiger partial charge in [0.1, 0.15) is 17.7 Å². The van der Waals surface area contributed by atoms with Crippen LogP contribution in [0.1, 0.15) is 350 Å². The molecule has 9 nitrogen and oxygen atoms in total. The summed E-state index contributed by atoms with van der Waals surface area (Å²) in [5, 5.41) is 30.7. The van der Waals surface area contributed by atoms with Crippen LogP contribution in [0.15, 0.2) is 60.8 Å². The Hall–Kier alpha value is -2.98. The Morgan fingerprint density at radius 2 is 0.961 bits per heavy atom. The molecule has 9 heteroatoms. The summed E-state index contributed by atoms with van der Waals surface area (Å²) in [6, 6.07) is 0. The Morgan fingerprint density at radius 3 is 1.48 bits per heavy atom. The highest BCUT2D eigenvalue weighted by Gasteiger charge is 2.64. The smallest absolute Gasteiger partial charge is 0.306 e. The Kier molecular flexibility index (Phi) is 25.1. The number of fused-ring (bicyclic) bond motifs is 10. The van der Waals surface area contributed by atoms with Crippen LogP contribution in [-0.4, -0.2) is 75.3 Å². The first kappa shape index (κ1) is 84.0. The molecule has 13 fully saturated rings. The molecule has 0 spiro atoms. The van der Waals surface area contributed by atoms with Crippen molar-refractivity contribution in [2.24, 2.45) is 119 Å². The standard InChI is InChI=1S/C20H34O2.C16H26O2.C16H28O.C16H26O.C15H26O.C11H14O2/c1-7-19(5,22)12-9-15-14(2)13-16(21)17-18(3,4)10-8-11-20(15,17)6;1-14(2)7-5-8-15(3)11(14)6-9-16(4)12(15)10-13(17)18-16;1-14(2)8-5-9-15(3)12(14)6-10-16(4)13(15)7-11-17-16;1-12-6-7-14-15(2,3)9-5-10-16(14,4)13(12)8-11-17;1-11-6-7-13-14(2,3)8-5-9-15(13,4)12(11)10-16;1-11-6-5-9(12)7-8(11)3-2-4-10(11)13/h7,15-17,21-22H,1-2,8-13H2,3-6H3;11-12H,5-10H2,1-4H3;12-13H,5-11H2,1-4H3;11,13-14H,1,5-10H2,2-4H3;12-13,16H,1,5-10H2,2-4H3;7H,2-6H2,1H3/t15-,16?,17?,19?,20+;11?,12-,15+,16-;12?,13-,15+,16-;13-,14?,16+;12-,13?,15+;11-/m011000/s1. The van der Waals surface area contributed by atoms with E-state index in [1.165, 1.54) is 145 Å². The zero-order chi connectivity index (χ0) is 76.4. The molecule has 2 saturated heterocycles. The second kappa shape index (κ2) is 30.7. The van der Waals surface area contributed by atoms with Crippen LogP contribution in [0.5, 0.6) is 0 Å². The van der Waals surface area contributed by atoms with Crippen molar-refractivity contribution >= 4 is 23.8 Å². The molecule has 14 rings (SSSR count). The van der Waals surface area contributed by atoms with E-state index in [1.54, 1.807) is 12.2 Å². The van der Waals surface area contributed by atoms with Gasteiger partial charge in [-0.1, -0.05) is 184 Å². The second-order valence-electron chi connectivity index (χ2n) is 43.0. The van der Waals surface area contributed by atoms with Crippen molar-refractivity contribution in [3.05, 3.63) is 60.8 Å². The van der Waals surface area contributed by atoms with E-state index in [-0.39, 0.29) is 45.3 Å². The number of ketones is 2. The molecular weight excluding hydrogens is 1270 g/mol. The van der Waals surface area contributed by atoms with E-state index in [0.29, 0.717) is 124 Å². The predicted octanol–water partition coefficient (Wildman–Crippen LogP) is 23.0. The Balaban J connectivity index is 0.000000144. The van der Waals surface area contributed by atoms with Gasteiger partial charge in [0, 0.05) is 43.1 Å². The molecule has 12 aliphatic carbocycles. The normalized spacial score (nSPS) is 43.9. The molecule has 20 atom stereocenters. The largest absolute Gasteiger partial charge is 0.459 e. The lowest BCUT2D eigenvalue weighted by atomic mass is 9.45. The van der Waals surface area contributed by atoms with Crippen molar-refractivity contribution in [3.8, 4) is 0 Å². The average Bonchev–Trinajstić information content (AvgIpc) is 1.57. The van der Waals surface area contributed by atoms with Crippen LogP contribution in [0.4, 0.5) is 0 Å². The number of hydrogen-bond donors (Lipinski definition) is 3. The minimum atomic E-state index is -0.813. The summed E-state index contributed by atoms with van der Waals surface area (Å²) in [6.45, 7) is 62.4. The first-order valence-electron chi connectivity index (χ1n) is 42.4. The minimum Gasteiger partial charge on any atom is -0.459 e. The number of carbonyl (C=O) groups is 4. The van der Waals surface area contributed by atoms with Crippen LogP contribution >= 0.6 is 0 Å². The summed E-state index contributed by atoms with van der Waals surface area (Å²) >= 11 is 0. The van der Waals surface area contributed by atoms with Crippen LogP contribution in [0.3, 0.4) is 0 Å². The van der Waals surface area contributed by atoms with E-state index >= 15 is 0 Å². The van der Waals surface area contributed by atoms with Gasteiger partial charge in [-0.25, -0.2) is 0 Å². The molecule has 2 aliphatic heterocycles. The molecule has 7 unspecified atom stereocenters. The summed E-state index contributed by atoms with van der Waals surface area (Å²) in [4.78, 5) is 45.6. The van der Waals surface area contributed by atoms with E-state index in [9.17, 15) is 34.5 Å². The van der Waals surface area contributed by atoms with Crippen LogP contribution in [0, 0.1) is 119 Å². The van der Waals surface area contributed by atoms with E-state index in [4.69, 9.17) is 9.47 Å². The fraction of sp³-hybridized carbons (Fsp3) is 0.851. The molecule has 3 N–H and O–H groups in total. The van der Waals surface area contributed by atoms with Crippen molar-refractivity contribution < 1.29 is 44.0 Å². The van der Waals surface area contributed by atoms with Crippen LogP contribution in [0.2, 0.25) is 0 Å². The summed E-state index contributed by atoms with van der Waals surface area (Å²) in [5.74, 6) is 6.48. The van der Waals surface area contributed by atoms with Crippen molar-refractivity contribution in [2.45, 2.75) is 373 Å². The minimum absolute atomic E-state index is 0.0350. The molecule has 103 heavy (non-hydrogen) atoms. The maximum Gasteiger partial charge on any atom is 0.306 e. The first-order valence-corrected chi connectivity index (χ1v) is 42.4. The number of allylic oxidation sites excluding steroid dienone is 3. The van der Waals surface area contributed by atoms with Gasteiger partial charge in [0.15, 0.2) is 5.78 Å². The average molecular weight is 1430 g/mol. The lowest BCUT2D eigenvalue weighted by molar-refractivity contribution is -0.164. The van der Waals surface area contributed by atoms with Gasteiger partial charge >= 0.3 is 5.97 Å².